The van der Waals surface area contributed by atoms with Crippen molar-refractivity contribution in [3.8, 4) is 17.2 Å². The van der Waals surface area contributed by atoms with Crippen molar-refractivity contribution in [3.05, 3.63) is 54.1 Å². The fraction of sp³-hybridized carbons (Fsp3) is 0.333. The average Bonchev–Trinajstić information content (AvgIpc) is 3.51. The van der Waals surface area contributed by atoms with Gasteiger partial charge in [0.25, 0.3) is 0 Å². The molecule has 154 valence electrons. The van der Waals surface area contributed by atoms with Gasteiger partial charge in [-0.05, 0) is 61.2 Å². The number of nitrogens with two attached hydrogens (primary N) is 1. The number of ether oxygens (including phenoxy) is 2. The molecule has 0 aromatic heterocycles. The number of hydrogen-bond donors (Lipinski definition) is 3. The van der Waals surface area contributed by atoms with Gasteiger partial charge in [0.05, 0.1) is 13.2 Å². The van der Waals surface area contributed by atoms with Crippen molar-refractivity contribution in [1.82, 2.24) is 10.4 Å². The standard InChI is InChI=1S/C21H25N3O5/c1-2-28-15-6-8-16(9-7-15)29-17-5-3-4-14(12-17)18-13-19(18)20(25)23-10-11-24(27)21(22)26/h3-9,12,18-19,27H,2,10-11,13H2,1H3,(H2,22,26)(H,23,25)/t18-,19+/m0/s1. The van der Waals surface area contributed by atoms with E-state index in [0.29, 0.717) is 23.2 Å². The zero-order chi connectivity index (χ0) is 20.8. The molecule has 0 aliphatic heterocycles. The smallest absolute Gasteiger partial charge is 0.338 e. The Bertz CT molecular complexity index is 856. The summed E-state index contributed by atoms with van der Waals surface area (Å²) in [6, 6.07) is 14.2. The Morgan fingerprint density at radius 3 is 2.59 bits per heavy atom. The van der Waals surface area contributed by atoms with Gasteiger partial charge in [-0.3, -0.25) is 10.0 Å². The van der Waals surface area contributed by atoms with Crippen LogP contribution in [0, 0.1) is 5.92 Å². The van der Waals surface area contributed by atoms with E-state index >= 15 is 0 Å². The van der Waals surface area contributed by atoms with Crippen LogP contribution in [0.4, 0.5) is 4.79 Å². The molecule has 0 bridgehead atoms. The van der Waals surface area contributed by atoms with Crippen LogP contribution < -0.4 is 20.5 Å². The molecule has 0 heterocycles. The molecule has 1 aliphatic rings. The quantitative estimate of drug-likeness (QED) is 0.443. The third-order valence-corrected chi connectivity index (χ3v) is 4.66. The molecule has 1 saturated carbocycles. The summed E-state index contributed by atoms with van der Waals surface area (Å²) in [5, 5.41) is 12.3. The number of rotatable bonds is 9. The van der Waals surface area contributed by atoms with Crippen LogP contribution in [0.5, 0.6) is 17.2 Å². The van der Waals surface area contributed by atoms with Crippen LogP contribution in [0.25, 0.3) is 0 Å². The lowest BCUT2D eigenvalue weighted by atomic mass is 10.1. The summed E-state index contributed by atoms with van der Waals surface area (Å²) in [5.41, 5.74) is 5.96. The van der Waals surface area contributed by atoms with Gasteiger partial charge in [0, 0.05) is 12.5 Å². The van der Waals surface area contributed by atoms with Crippen molar-refractivity contribution in [2.24, 2.45) is 11.7 Å². The largest absolute Gasteiger partial charge is 0.494 e. The molecule has 0 spiro atoms. The van der Waals surface area contributed by atoms with Crippen molar-refractivity contribution >= 4 is 11.9 Å². The van der Waals surface area contributed by atoms with Crippen LogP contribution in [-0.4, -0.2) is 41.9 Å². The SMILES string of the molecule is CCOc1ccc(Oc2cccc([C@@H]3C[C@H]3C(=O)NCCN(O)C(N)=O)c2)cc1. The van der Waals surface area contributed by atoms with Gasteiger partial charge >= 0.3 is 6.03 Å². The summed E-state index contributed by atoms with van der Waals surface area (Å²) in [6.07, 6.45) is 0.747. The van der Waals surface area contributed by atoms with Gasteiger partial charge in [0.15, 0.2) is 0 Å². The molecule has 3 rings (SSSR count). The van der Waals surface area contributed by atoms with Crippen LogP contribution in [0.3, 0.4) is 0 Å². The molecule has 8 heteroatoms. The van der Waals surface area contributed by atoms with Crippen molar-refractivity contribution in [2.75, 3.05) is 19.7 Å². The Morgan fingerprint density at radius 1 is 1.17 bits per heavy atom. The number of benzene rings is 2. The number of hydrogen-bond acceptors (Lipinski definition) is 5. The van der Waals surface area contributed by atoms with E-state index in [-0.39, 0.29) is 30.8 Å². The first-order chi connectivity index (χ1) is 14.0. The highest BCUT2D eigenvalue weighted by molar-refractivity contribution is 5.83. The topological polar surface area (TPSA) is 114 Å². The van der Waals surface area contributed by atoms with Crippen molar-refractivity contribution < 1.29 is 24.3 Å². The summed E-state index contributed by atoms with van der Waals surface area (Å²) in [7, 11) is 0. The highest BCUT2D eigenvalue weighted by atomic mass is 16.5. The monoisotopic (exact) mass is 399 g/mol. The summed E-state index contributed by atoms with van der Waals surface area (Å²) >= 11 is 0. The molecule has 1 aliphatic carbocycles. The van der Waals surface area contributed by atoms with Crippen molar-refractivity contribution in [3.63, 3.8) is 0 Å². The number of nitrogens with one attached hydrogen (secondary N) is 1. The van der Waals surface area contributed by atoms with Crippen molar-refractivity contribution in [2.45, 2.75) is 19.3 Å². The van der Waals surface area contributed by atoms with E-state index in [1.165, 1.54) is 0 Å². The van der Waals surface area contributed by atoms with E-state index in [4.69, 9.17) is 15.2 Å². The van der Waals surface area contributed by atoms with Gasteiger partial charge < -0.3 is 20.5 Å². The summed E-state index contributed by atoms with van der Waals surface area (Å²) in [4.78, 5) is 23.0. The van der Waals surface area contributed by atoms with E-state index in [0.717, 1.165) is 17.7 Å². The second kappa shape index (κ2) is 9.29. The van der Waals surface area contributed by atoms with Crippen LogP contribution in [0.15, 0.2) is 48.5 Å². The molecular formula is C21H25N3O5. The second-order valence-electron chi connectivity index (χ2n) is 6.78. The summed E-state index contributed by atoms with van der Waals surface area (Å²) in [5.74, 6) is 2.09. The van der Waals surface area contributed by atoms with Crippen LogP contribution in [0.2, 0.25) is 0 Å². The Balaban J connectivity index is 1.52. The van der Waals surface area contributed by atoms with Crippen LogP contribution in [0.1, 0.15) is 24.8 Å². The zero-order valence-electron chi connectivity index (χ0n) is 16.2. The van der Waals surface area contributed by atoms with Gasteiger partial charge in [-0.2, -0.15) is 0 Å². The molecule has 29 heavy (non-hydrogen) atoms. The van der Waals surface area contributed by atoms with E-state index in [1.54, 1.807) is 0 Å². The number of hydroxylamine groups is 2. The summed E-state index contributed by atoms with van der Waals surface area (Å²) in [6.45, 7) is 2.64. The van der Waals surface area contributed by atoms with Crippen LogP contribution >= 0.6 is 0 Å². The van der Waals surface area contributed by atoms with Gasteiger partial charge in [0.2, 0.25) is 5.91 Å². The number of carbonyl (C=O) groups excluding carboxylic acids is 2. The molecule has 8 nitrogen and oxygen atoms in total. The lowest BCUT2D eigenvalue weighted by Gasteiger charge is -2.12. The number of urea groups is 1. The third-order valence-electron chi connectivity index (χ3n) is 4.66. The highest BCUT2D eigenvalue weighted by Gasteiger charge is 2.43. The van der Waals surface area contributed by atoms with Crippen molar-refractivity contribution in [1.29, 1.82) is 0 Å². The van der Waals surface area contributed by atoms with E-state index in [2.05, 4.69) is 5.32 Å². The Morgan fingerprint density at radius 2 is 1.90 bits per heavy atom. The molecule has 2 aromatic rings. The minimum absolute atomic E-state index is 0.0517. The maximum absolute atomic E-state index is 12.2. The van der Waals surface area contributed by atoms with Gasteiger partial charge in [0.1, 0.15) is 17.2 Å². The number of nitrogens with zero attached hydrogens (tertiary/aromatic N) is 1. The first-order valence-electron chi connectivity index (χ1n) is 9.52. The number of primary amides is 1. The molecule has 2 aromatic carbocycles. The maximum atomic E-state index is 12.2. The average molecular weight is 399 g/mol. The fourth-order valence-corrected chi connectivity index (χ4v) is 3.09. The van der Waals surface area contributed by atoms with E-state index in [9.17, 15) is 14.8 Å². The normalized spacial score (nSPS) is 17.3. The van der Waals surface area contributed by atoms with Gasteiger partial charge in [-0.25, -0.2) is 9.86 Å². The minimum Gasteiger partial charge on any atom is -0.494 e. The predicted octanol–water partition coefficient (Wildman–Crippen LogP) is 2.87. The predicted molar refractivity (Wildman–Crippen MR) is 106 cm³/mol. The molecule has 4 N–H and O–H groups in total. The lowest BCUT2D eigenvalue weighted by Crippen LogP contribution is -2.39. The van der Waals surface area contributed by atoms with E-state index in [1.807, 2.05) is 55.5 Å². The highest BCUT2D eigenvalue weighted by Crippen LogP contribution is 2.48. The number of amides is 3. The number of carbonyl (C=O) groups is 2. The molecule has 0 saturated heterocycles. The fourth-order valence-electron chi connectivity index (χ4n) is 3.09. The summed E-state index contributed by atoms with van der Waals surface area (Å²) < 4.78 is 11.3. The Labute approximate surface area is 169 Å². The minimum atomic E-state index is -0.951. The first kappa shape index (κ1) is 20.5. The Kier molecular flexibility index (Phi) is 6.56. The van der Waals surface area contributed by atoms with Crippen LogP contribution in [-0.2, 0) is 4.79 Å². The van der Waals surface area contributed by atoms with Gasteiger partial charge in [-0.1, -0.05) is 12.1 Å². The molecule has 0 unspecified atom stereocenters. The van der Waals surface area contributed by atoms with Gasteiger partial charge in [-0.15, -0.1) is 0 Å². The molecule has 2 atom stereocenters. The maximum Gasteiger partial charge on any atom is 0.338 e. The Hall–Kier alpha value is -3.26. The first-order valence-corrected chi connectivity index (χ1v) is 9.52. The van der Waals surface area contributed by atoms with E-state index < -0.39 is 6.03 Å². The molecule has 1 fully saturated rings. The molecule has 3 amide bonds. The third kappa shape index (κ3) is 5.61. The second-order valence-corrected chi connectivity index (χ2v) is 6.78. The molecular weight excluding hydrogens is 374 g/mol. The zero-order valence-corrected chi connectivity index (χ0v) is 16.2. The molecule has 0 radical (unpaired) electrons. The lowest BCUT2D eigenvalue weighted by molar-refractivity contribution is -0.122.